The molecule has 26 heavy (non-hydrogen) atoms. The lowest BCUT2D eigenvalue weighted by atomic mass is 9.83. The number of benzene rings is 1. The molecule has 1 aromatic carbocycles. The van der Waals surface area contributed by atoms with Gasteiger partial charge in [-0.1, -0.05) is 25.3 Å². The molecule has 0 aromatic heterocycles. The van der Waals surface area contributed by atoms with Crippen molar-refractivity contribution in [1.29, 1.82) is 5.26 Å². The van der Waals surface area contributed by atoms with E-state index < -0.39 is 23.5 Å². The van der Waals surface area contributed by atoms with Crippen molar-refractivity contribution in [2.75, 3.05) is 5.32 Å². The fourth-order valence-electron chi connectivity index (χ4n) is 2.97. The van der Waals surface area contributed by atoms with Crippen LogP contribution in [0.3, 0.4) is 0 Å². The molecule has 0 spiro atoms. The van der Waals surface area contributed by atoms with Crippen LogP contribution in [0.15, 0.2) is 24.3 Å². The van der Waals surface area contributed by atoms with Crippen LogP contribution < -0.4 is 10.6 Å². The van der Waals surface area contributed by atoms with Gasteiger partial charge < -0.3 is 15.4 Å². The van der Waals surface area contributed by atoms with E-state index in [1.54, 1.807) is 12.1 Å². The van der Waals surface area contributed by atoms with Gasteiger partial charge in [0.1, 0.15) is 5.54 Å². The number of anilines is 1. The third-order valence-electron chi connectivity index (χ3n) is 4.36. The first-order valence-corrected chi connectivity index (χ1v) is 8.67. The minimum Gasteiger partial charge on any atom is -0.449 e. The third kappa shape index (κ3) is 5.06. The molecule has 1 atom stereocenters. The van der Waals surface area contributed by atoms with Gasteiger partial charge in [0.05, 0.1) is 11.6 Å². The Bertz CT molecular complexity index is 733. The molecule has 1 aliphatic carbocycles. The summed E-state index contributed by atoms with van der Waals surface area (Å²) in [5, 5.41) is 14.8. The molecule has 1 aromatic rings. The predicted molar refractivity (Wildman–Crippen MR) is 95.2 cm³/mol. The van der Waals surface area contributed by atoms with Crippen LogP contribution in [-0.4, -0.2) is 29.4 Å². The van der Waals surface area contributed by atoms with E-state index in [2.05, 4.69) is 16.7 Å². The summed E-state index contributed by atoms with van der Waals surface area (Å²) in [6.07, 6.45) is 3.01. The van der Waals surface area contributed by atoms with Crippen LogP contribution in [0.4, 0.5) is 5.69 Å². The summed E-state index contributed by atoms with van der Waals surface area (Å²) < 4.78 is 5.22. The van der Waals surface area contributed by atoms with Crippen LogP contribution >= 0.6 is 0 Å². The molecule has 1 aliphatic rings. The molecule has 2 rings (SSSR count). The van der Waals surface area contributed by atoms with E-state index in [-0.39, 0.29) is 11.5 Å². The van der Waals surface area contributed by atoms with Crippen molar-refractivity contribution in [3.05, 3.63) is 29.8 Å². The van der Waals surface area contributed by atoms with Gasteiger partial charge in [-0.25, -0.2) is 4.79 Å². The summed E-state index contributed by atoms with van der Waals surface area (Å²) in [5.74, 6) is -1.41. The molecule has 1 saturated carbocycles. The largest absolute Gasteiger partial charge is 0.449 e. The molecular weight excluding hydrogens is 334 g/mol. The number of esters is 1. The predicted octanol–water partition coefficient (Wildman–Crippen LogP) is 2.53. The first-order chi connectivity index (χ1) is 12.3. The van der Waals surface area contributed by atoms with Crippen molar-refractivity contribution < 1.29 is 19.1 Å². The summed E-state index contributed by atoms with van der Waals surface area (Å²) in [5.41, 5.74) is -0.181. The molecule has 1 fully saturated rings. The fraction of sp³-hybridized carbons (Fsp3) is 0.474. The smallest absolute Gasteiger partial charge is 0.338 e. The van der Waals surface area contributed by atoms with Gasteiger partial charge >= 0.3 is 5.97 Å². The normalized spacial score (nSPS) is 16.7. The highest BCUT2D eigenvalue weighted by Crippen LogP contribution is 2.27. The maximum atomic E-state index is 12.4. The fourth-order valence-corrected chi connectivity index (χ4v) is 2.97. The Balaban J connectivity index is 1.99. The van der Waals surface area contributed by atoms with Gasteiger partial charge in [0, 0.05) is 12.6 Å². The molecule has 7 nitrogen and oxygen atoms in total. The second-order valence-electron chi connectivity index (χ2n) is 6.55. The lowest BCUT2D eigenvalue weighted by Gasteiger charge is -2.32. The third-order valence-corrected chi connectivity index (χ3v) is 4.36. The van der Waals surface area contributed by atoms with Gasteiger partial charge in [-0.2, -0.15) is 5.26 Å². The van der Waals surface area contributed by atoms with Crippen LogP contribution in [0.2, 0.25) is 0 Å². The van der Waals surface area contributed by atoms with Crippen molar-refractivity contribution in [3.8, 4) is 6.07 Å². The first kappa shape index (κ1) is 19.4. The molecular formula is C19H23N3O4. The summed E-state index contributed by atoms with van der Waals surface area (Å²) >= 11 is 0. The van der Waals surface area contributed by atoms with Crippen LogP contribution in [0.25, 0.3) is 0 Å². The molecule has 0 bridgehead atoms. The van der Waals surface area contributed by atoms with Crippen molar-refractivity contribution in [1.82, 2.24) is 5.32 Å². The van der Waals surface area contributed by atoms with Crippen molar-refractivity contribution in [2.24, 2.45) is 0 Å². The number of nitrogens with zero attached hydrogens (tertiary/aromatic N) is 1. The molecule has 0 saturated heterocycles. The topological polar surface area (TPSA) is 108 Å². The highest BCUT2D eigenvalue weighted by Gasteiger charge is 2.35. The highest BCUT2D eigenvalue weighted by molar-refractivity contribution is 5.95. The number of ether oxygens (including phenoxy) is 1. The minimum absolute atomic E-state index is 0.226. The summed E-state index contributed by atoms with van der Waals surface area (Å²) in [4.78, 5) is 35.7. The van der Waals surface area contributed by atoms with Crippen molar-refractivity contribution in [2.45, 2.75) is 57.6 Å². The monoisotopic (exact) mass is 357 g/mol. The quantitative estimate of drug-likeness (QED) is 0.787. The number of hydrogen-bond donors (Lipinski definition) is 2. The lowest BCUT2D eigenvalue weighted by Crippen LogP contribution is -2.52. The zero-order chi connectivity index (χ0) is 19.2. The van der Waals surface area contributed by atoms with Gasteiger partial charge in [0.2, 0.25) is 5.91 Å². The summed E-state index contributed by atoms with van der Waals surface area (Å²) in [6, 6.07) is 8.47. The maximum absolute atomic E-state index is 12.4. The Morgan fingerprint density at radius 2 is 1.92 bits per heavy atom. The minimum atomic E-state index is -1.03. The van der Waals surface area contributed by atoms with E-state index in [1.807, 2.05) is 0 Å². The Kier molecular flexibility index (Phi) is 6.34. The Hall–Kier alpha value is -2.88. The van der Waals surface area contributed by atoms with Gasteiger partial charge in [0.25, 0.3) is 5.91 Å². The van der Waals surface area contributed by atoms with E-state index in [9.17, 15) is 19.6 Å². The van der Waals surface area contributed by atoms with Crippen molar-refractivity contribution >= 4 is 23.5 Å². The average molecular weight is 357 g/mol. The van der Waals surface area contributed by atoms with Crippen LogP contribution in [-0.2, 0) is 14.3 Å². The van der Waals surface area contributed by atoms with Crippen LogP contribution in [0.5, 0.6) is 0 Å². The molecule has 0 heterocycles. The lowest BCUT2D eigenvalue weighted by molar-refractivity contribution is -0.130. The molecule has 138 valence electrons. The summed E-state index contributed by atoms with van der Waals surface area (Å²) in [7, 11) is 0. The average Bonchev–Trinajstić information content (AvgIpc) is 2.62. The Morgan fingerprint density at radius 1 is 1.23 bits per heavy atom. The maximum Gasteiger partial charge on any atom is 0.338 e. The molecule has 0 radical (unpaired) electrons. The molecule has 0 unspecified atom stereocenters. The van der Waals surface area contributed by atoms with E-state index in [1.165, 1.54) is 26.0 Å². The van der Waals surface area contributed by atoms with Gasteiger partial charge in [-0.3, -0.25) is 9.59 Å². The number of nitrogens with one attached hydrogen (secondary N) is 2. The van der Waals surface area contributed by atoms with Gasteiger partial charge in [0.15, 0.2) is 6.10 Å². The standard InChI is InChI=1S/C19H23N3O4/c1-13(17(24)22-19(12-20)9-4-3-5-10-19)26-18(25)15-7-6-8-16(11-15)21-14(2)23/h6-8,11,13H,3-5,9-10H2,1-2H3,(H,21,23)(H,22,24)/t13-/m1/s1. The van der Waals surface area contributed by atoms with Crippen molar-refractivity contribution in [3.63, 3.8) is 0 Å². The van der Waals surface area contributed by atoms with Crippen LogP contribution in [0, 0.1) is 11.3 Å². The summed E-state index contributed by atoms with van der Waals surface area (Å²) in [6.45, 7) is 2.84. The molecule has 2 N–H and O–H groups in total. The zero-order valence-corrected chi connectivity index (χ0v) is 15.0. The molecule has 0 aliphatic heterocycles. The zero-order valence-electron chi connectivity index (χ0n) is 15.0. The second-order valence-corrected chi connectivity index (χ2v) is 6.55. The van der Waals surface area contributed by atoms with E-state index in [0.29, 0.717) is 18.5 Å². The Morgan fingerprint density at radius 3 is 2.54 bits per heavy atom. The SMILES string of the molecule is CC(=O)Nc1cccc(C(=O)O[C@H](C)C(=O)NC2(C#N)CCCCC2)c1. The van der Waals surface area contributed by atoms with E-state index in [4.69, 9.17) is 4.74 Å². The van der Waals surface area contributed by atoms with Gasteiger partial charge in [-0.05, 0) is 38.0 Å². The van der Waals surface area contributed by atoms with Gasteiger partial charge in [-0.15, -0.1) is 0 Å². The van der Waals surface area contributed by atoms with E-state index >= 15 is 0 Å². The number of nitriles is 1. The number of carbonyl (C=O) groups is 3. The number of carbonyl (C=O) groups excluding carboxylic acids is 3. The second kappa shape index (κ2) is 8.48. The number of rotatable bonds is 5. The number of hydrogen-bond acceptors (Lipinski definition) is 5. The molecule has 7 heteroatoms. The highest BCUT2D eigenvalue weighted by atomic mass is 16.5. The first-order valence-electron chi connectivity index (χ1n) is 8.67. The Labute approximate surface area is 152 Å². The van der Waals surface area contributed by atoms with Crippen LogP contribution in [0.1, 0.15) is 56.3 Å². The molecule has 2 amide bonds. The van der Waals surface area contributed by atoms with E-state index in [0.717, 1.165) is 19.3 Å². The number of amides is 2.